The van der Waals surface area contributed by atoms with Gasteiger partial charge >= 0.3 is 5.97 Å². The van der Waals surface area contributed by atoms with Crippen LogP contribution in [0.5, 0.6) is 5.75 Å². The van der Waals surface area contributed by atoms with Crippen LogP contribution in [0.3, 0.4) is 0 Å². The van der Waals surface area contributed by atoms with E-state index in [1.807, 2.05) is 0 Å². The standard InChI is InChI=1S/C31H15BrCl8N2O6/c32-15-5-1-14(2-6-15)28(47)48-17-8-3-13(4-9-17)20(43)12-41(25(44)18-10-7-16(33)11-19(18)34)42-26(45)21-22(27(42)46)30(38)24(36)23(35)29(21,37)31(30,39)40/h1-11,21-22H,12H2/t21-,22-,29-,30-/m1/s1. The van der Waals surface area contributed by atoms with E-state index in [0.717, 1.165) is 4.47 Å². The van der Waals surface area contributed by atoms with E-state index in [0.29, 0.717) is 15.6 Å². The number of alkyl halides is 4. The number of benzene rings is 3. The third kappa shape index (κ3) is 5.19. The highest BCUT2D eigenvalue weighted by atomic mass is 79.9. The minimum atomic E-state index is -2.21. The summed E-state index contributed by atoms with van der Waals surface area (Å²) in [4.78, 5) is 64.1. The fourth-order valence-corrected chi connectivity index (χ4v) is 9.62. The molecule has 8 nitrogen and oxygen atoms in total. The van der Waals surface area contributed by atoms with Crippen LogP contribution in [0.1, 0.15) is 31.1 Å². The fraction of sp³-hybridized carbons (Fsp3) is 0.194. The summed E-state index contributed by atoms with van der Waals surface area (Å²) in [5.74, 6) is -7.50. The van der Waals surface area contributed by atoms with Gasteiger partial charge in [0.25, 0.3) is 17.7 Å². The van der Waals surface area contributed by atoms with Crippen LogP contribution in [-0.4, -0.2) is 60.1 Å². The summed E-state index contributed by atoms with van der Waals surface area (Å²) in [6.45, 7) is -0.848. The number of ketones is 1. The molecule has 1 saturated carbocycles. The van der Waals surface area contributed by atoms with E-state index in [-0.39, 0.29) is 37.0 Å². The Morgan fingerprint density at radius 2 is 1.29 bits per heavy atom. The zero-order valence-corrected chi connectivity index (χ0v) is 31.1. The highest BCUT2D eigenvalue weighted by Crippen LogP contribution is 2.77. The molecule has 3 aromatic rings. The molecular weight excluding hydrogens is 860 g/mol. The van der Waals surface area contributed by atoms with Gasteiger partial charge in [-0.2, -0.15) is 5.01 Å². The van der Waals surface area contributed by atoms with Gasteiger partial charge in [-0.25, -0.2) is 9.80 Å². The van der Waals surface area contributed by atoms with E-state index in [4.69, 9.17) is 97.5 Å². The Morgan fingerprint density at radius 3 is 1.81 bits per heavy atom. The van der Waals surface area contributed by atoms with Crippen molar-refractivity contribution in [3.05, 3.63) is 108 Å². The molecule has 0 spiro atoms. The number of hydrogen-bond acceptors (Lipinski definition) is 6. The number of hydrogen-bond donors (Lipinski definition) is 0. The molecule has 248 valence electrons. The Morgan fingerprint density at radius 1 is 0.771 bits per heavy atom. The van der Waals surface area contributed by atoms with E-state index < -0.39 is 61.9 Å². The van der Waals surface area contributed by atoms with Gasteiger partial charge in [0.05, 0.1) is 38.0 Å². The Hall–Kier alpha value is -2.05. The van der Waals surface area contributed by atoms with Gasteiger partial charge in [0.15, 0.2) is 10.1 Å². The summed E-state index contributed by atoms with van der Waals surface area (Å²) in [7, 11) is 0. The van der Waals surface area contributed by atoms with Gasteiger partial charge in [0.2, 0.25) is 0 Å². The predicted octanol–water partition coefficient (Wildman–Crippen LogP) is 8.66. The number of carbonyl (C=O) groups excluding carboxylic acids is 5. The van der Waals surface area contributed by atoms with Gasteiger partial charge in [0, 0.05) is 15.1 Å². The number of imide groups is 1. The Bertz CT molecular complexity index is 1930. The zero-order chi connectivity index (χ0) is 35.1. The number of rotatable bonds is 7. The fourth-order valence-electron chi connectivity index (χ4n) is 5.94. The SMILES string of the molecule is O=C(CN(C(=O)c1ccc(Cl)cc1Cl)N1C(=O)[C@H]2[C@H](C1=O)[C@@]1(Cl)C(Cl)=C(Cl)[C@@]2(Cl)C1(Cl)Cl)c1ccc(OC(=O)c2ccc(Br)cc2)cc1. The molecule has 0 N–H and O–H groups in total. The maximum Gasteiger partial charge on any atom is 0.343 e. The minimum absolute atomic E-state index is 0.0359. The first-order valence-electron chi connectivity index (χ1n) is 13.5. The third-order valence-electron chi connectivity index (χ3n) is 8.28. The number of Topliss-reactive ketones (excluding diaryl/α,β-unsaturated/α-hetero) is 1. The molecule has 0 aromatic heterocycles. The highest BCUT2D eigenvalue weighted by molar-refractivity contribution is 9.10. The van der Waals surface area contributed by atoms with Crippen LogP contribution in [0, 0.1) is 11.8 Å². The molecule has 0 radical (unpaired) electrons. The van der Waals surface area contributed by atoms with Gasteiger partial charge in [-0.15, -0.1) is 23.2 Å². The molecule has 6 rings (SSSR count). The Labute approximate surface area is 320 Å². The second-order valence-corrected chi connectivity index (χ2v) is 15.9. The number of ether oxygens (including phenoxy) is 1. The normalized spacial score (nSPS) is 25.4. The van der Waals surface area contributed by atoms with Crippen LogP contribution in [0.25, 0.3) is 0 Å². The summed E-state index contributed by atoms with van der Waals surface area (Å²) in [5.41, 5.74) is 0.139. The van der Waals surface area contributed by atoms with E-state index in [1.165, 1.54) is 42.5 Å². The molecule has 3 amide bonds. The van der Waals surface area contributed by atoms with Crippen molar-refractivity contribution in [3.63, 3.8) is 0 Å². The van der Waals surface area contributed by atoms with Crippen molar-refractivity contribution in [1.29, 1.82) is 0 Å². The lowest BCUT2D eigenvalue weighted by atomic mass is 9.84. The van der Waals surface area contributed by atoms with E-state index in [2.05, 4.69) is 15.9 Å². The second-order valence-electron chi connectivity index (χ2n) is 10.9. The molecule has 3 aliphatic rings. The van der Waals surface area contributed by atoms with Crippen molar-refractivity contribution in [2.45, 2.75) is 14.1 Å². The largest absolute Gasteiger partial charge is 0.423 e. The monoisotopic (exact) mass is 870 g/mol. The third-order valence-corrected chi connectivity index (χ3v) is 13.6. The van der Waals surface area contributed by atoms with Gasteiger partial charge < -0.3 is 4.74 Å². The molecule has 2 fully saturated rings. The van der Waals surface area contributed by atoms with Crippen LogP contribution in [0.2, 0.25) is 10.0 Å². The van der Waals surface area contributed by atoms with E-state index in [9.17, 15) is 24.0 Å². The van der Waals surface area contributed by atoms with Gasteiger partial charge in [0.1, 0.15) is 22.0 Å². The molecule has 2 aliphatic carbocycles. The second kappa shape index (κ2) is 12.6. The number of allylic oxidation sites excluding steroid dienone is 2. The lowest BCUT2D eigenvalue weighted by molar-refractivity contribution is -0.154. The Balaban J connectivity index is 1.32. The van der Waals surface area contributed by atoms with Crippen LogP contribution in [0.15, 0.2) is 81.3 Å². The topological polar surface area (TPSA) is 101 Å². The van der Waals surface area contributed by atoms with Crippen molar-refractivity contribution in [2.75, 3.05) is 6.54 Å². The van der Waals surface area contributed by atoms with Gasteiger partial charge in [-0.3, -0.25) is 19.2 Å². The van der Waals surface area contributed by atoms with E-state index >= 15 is 0 Å². The van der Waals surface area contributed by atoms with Crippen molar-refractivity contribution in [2.24, 2.45) is 11.8 Å². The number of carbonyl (C=O) groups is 5. The number of fused-ring (bicyclic) bond motifs is 5. The van der Waals surface area contributed by atoms with Gasteiger partial charge in [-0.05, 0) is 66.7 Å². The van der Waals surface area contributed by atoms with Crippen LogP contribution in [-0.2, 0) is 9.59 Å². The van der Waals surface area contributed by atoms with Crippen LogP contribution >= 0.6 is 109 Å². The average Bonchev–Trinajstić information content (AvgIpc) is 3.42. The molecule has 1 saturated heterocycles. The maximum atomic E-state index is 14.1. The maximum absolute atomic E-state index is 14.1. The summed E-state index contributed by atoms with van der Waals surface area (Å²) in [6, 6.07) is 15.8. The molecule has 1 heterocycles. The number of esters is 1. The zero-order valence-electron chi connectivity index (χ0n) is 23.5. The number of hydrazine groups is 1. The van der Waals surface area contributed by atoms with Crippen molar-refractivity contribution in [3.8, 4) is 5.75 Å². The number of amides is 3. The average molecular weight is 875 g/mol. The summed E-state index contributed by atoms with van der Waals surface area (Å²) in [6.07, 6.45) is 0. The minimum Gasteiger partial charge on any atom is -0.423 e. The van der Waals surface area contributed by atoms with Crippen molar-refractivity contribution in [1.82, 2.24) is 10.0 Å². The molecular formula is C31H15BrCl8N2O6. The Kier molecular flexibility index (Phi) is 9.40. The van der Waals surface area contributed by atoms with Crippen molar-refractivity contribution < 1.29 is 28.7 Å². The van der Waals surface area contributed by atoms with Crippen LogP contribution in [0.4, 0.5) is 0 Å². The summed E-state index contributed by atoms with van der Waals surface area (Å²) < 4.78 is 3.95. The lowest BCUT2D eigenvalue weighted by Gasteiger charge is -2.36. The smallest absolute Gasteiger partial charge is 0.343 e. The predicted molar refractivity (Wildman–Crippen MR) is 187 cm³/mol. The quantitative estimate of drug-likeness (QED) is 0.0775. The lowest BCUT2D eigenvalue weighted by Crippen LogP contribution is -2.56. The van der Waals surface area contributed by atoms with Gasteiger partial charge in [-0.1, -0.05) is 85.5 Å². The molecule has 0 unspecified atom stereocenters. The van der Waals surface area contributed by atoms with E-state index in [1.54, 1.807) is 24.3 Å². The summed E-state index contributed by atoms with van der Waals surface area (Å²) in [5, 5.41) is 0.497. The molecule has 48 heavy (non-hydrogen) atoms. The first-order chi connectivity index (χ1) is 22.5. The molecule has 4 atom stereocenters. The van der Waals surface area contributed by atoms with Crippen molar-refractivity contribution >= 4 is 138 Å². The van der Waals surface area contributed by atoms with Crippen LogP contribution < -0.4 is 4.74 Å². The molecule has 3 aromatic carbocycles. The first kappa shape index (κ1) is 35.8. The molecule has 2 bridgehead atoms. The highest BCUT2D eigenvalue weighted by Gasteiger charge is 2.88. The number of nitrogens with zero attached hydrogens (tertiary/aromatic N) is 2. The molecule has 17 heteroatoms. The first-order valence-corrected chi connectivity index (χ1v) is 17.4. The molecule has 1 aliphatic heterocycles. The number of halogens is 9. The summed E-state index contributed by atoms with van der Waals surface area (Å²) >= 11 is 55.2.